The summed E-state index contributed by atoms with van der Waals surface area (Å²) in [5.41, 5.74) is 6.49. The number of nitrogens with zero attached hydrogens (tertiary/aromatic N) is 2. The summed E-state index contributed by atoms with van der Waals surface area (Å²) in [7, 11) is 3.36. The highest BCUT2D eigenvalue weighted by Gasteiger charge is 2.16. The summed E-state index contributed by atoms with van der Waals surface area (Å²) in [4.78, 5) is 18.3. The molecule has 3 rings (SSSR count). The van der Waals surface area contributed by atoms with Crippen molar-refractivity contribution >= 4 is 33.1 Å². The van der Waals surface area contributed by atoms with Crippen LogP contribution in [-0.2, 0) is 0 Å². The number of carbonyl (C=O) groups excluding carboxylic acids is 1. The number of pyridine rings is 1. The standard InChI is InChI=1S/C16H14FN3O2S/c1-20(2)16(21)14-8-11-15(23-14)13(5-6-19-11)22-12-4-3-9(18)7-10(12)17/h3-8H,18H2,1-2H3. The minimum absolute atomic E-state index is 0.0700. The Kier molecular flexibility index (Phi) is 3.87. The van der Waals surface area contributed by atoms with Crippen molar-refractivity contribution in [2.45, 2.75) is 0 Å². The van der Waals surface area contributed by atoms with Gasteiger partial charge in [0.25, 0.3) is 5.91 Å². The van der Waals surface area contributed by atoms with Crippen molar-refractivity contribution in [1.82, 2.24) is 9.88 Å². The number of halogens is 1. The van der Waals surface area contributed by atoms with Crippen LogP contribution >= 0.6 is 11.3 Å². The first-order valence-corrected chi connectivity index (χ1v) is 7.60. The number of benzene rings is 1. The fourth-order valence-corrected chi connectivity index (χ4v) is 3.13. The maximum Gasteiger partial charge on any atom is 0.263 e. The second-order valence-electron chi connectivity index (χ2n) is 5.13. The molecule has 2 N–H and O–H groups in total. The zero-order chi connectivity index (χ0) is 16.6. The summed E-state index contributed by atoms with van der Waals surface area (Å²) in [6.45, 7) is 0. The lowest BCUT2D eigenvalue weighted by Gasteiger charge is -2.08. The van der Waals surface area contributed by atoms with Crippen LogP contribution in [0.25, 0.3) is 10.2 Å². The molecule has 3 aromatic rings. The van der Waals surface area contributed by atoms with Crippen molar-refractivity contribution in [3.8, 4) is 11.5 Å². The minimum Gasteiger partial charge on any atom is -0.453 e. The molecule has 0 aliphatic rings. The number of carbonyl (C=O) groups is 1. The molecule has 0 aliphatic heterocycles. The highest BCUT2D eigenvalue weighted by Crippen LogP contribution is 2.36. The van der Waals surface area contributed by atoms with Crippen LogP contribution in [0.5, 0.6) is 11.5 Å². The molecule has 118 valence electrons. The van der Waals surface area contributed by atoms with Gasteiger partial charge in [0.05, 0.1) is 15.1 Å². The molecule has 23 heavy (non-hydrogen) atoms. The Balaban J connectivity index is 2.02. The van der Waals surface area contributed by atoms with Crippen molar-refractivity contribution in [3.05, 3.63) is 47.2 Å². The zero-order valence-corrected chi connectivity index (χ0v) is 13.4. The molecular weight excluding hydrogens is 317 g/mol. The van der Waals surface area contributed by atoms with Gasteiger partial charge in [-0.25, -0.2) is 4.39 Å². The predicted octanol–water partition coefficient (Wildman–Crippen LogP) is 3.51. The zero-order valence-electron chi connectivity index (χ0n) is 12.5. The first-order valence-electron chi connectivity index (χ1n) is 6.79. The molecule has 2 heterocycles. The fourth-order valence-electron chi connectivity index (χ4n) is 2.04. The van der Waals surface area contributed by atoms with Gasteiger partial charge in [-0.05, 0) is 18.2 Å². The maximum absolute atomic E-state index is 13.9. The molecule has 7 heteroatoms. The number of rotatable bonds is 3. The largest absolute Gasteiger partial charge is 0.453 e. The highest BCUT2D eigenvalue weighted by atomic mass is 32.1. The number of hydrogen-bond acceptors (Lipinski definition) is 5. The summed E-state index contributed by atoms with van der Waals surface area (Å²) in [6, 6.07) is 7.57. The number of hydrogen-bond donors (Lipinski definition) is 1. The molecule has 0 unspecified atom stereocenters. The maximum atomic E-state index is 13.9. The molecule has 1 aromatic carbocycles. The van der Waals surface area contributed by atoms with E-state index in [0.29, 0.717) is 26.5 Å². The summed E-state index contributed by atoms with van der Waals surface area (Å²) in [5.74, 6) is -0.143. The van der Waals surface area contributed by atoms with Crippen LogP contribution in [0.1, 0.15) is 9.67 Å². The van der Waals surface area contributed by atoms with Gasteiger partial charge in [-0.2, -0.15) is 0 Å². The molecule has 0 saturated carbocycles. The lowest BCUT2D eigenvalue weighted by Crippen LogP contribution is -2.20. The fraction of sp³-hybridized carbons (Fsp3) is 0.125. The van der Waals surface area contributed by atoms with Gasteiger partial charge in [-0.3, -0.25) is 9.78 Å². The van der Waals surface area contributed by atoms with Gasteiger partial charge in [-0.15, -0.1) is 11.3 Å². The van der Waals surface area contributed by atoms with Crippen LogP contribution in [0, 0.1) is 5.82 Å². The number of fused-ring (bicyclic) bond motifs is 1. The lowest BCUT2D eigenvalue weighted by atomic mass is 10.3. The smallest absolute Gasteiger partial charge is 0.263 e. The van der Waals surface area contributed by atoms with Crippen LogP contribution in [0.3, 0.4) is 0 Å². The number of ether oxygens (including phenoxy) is 1. The van der Waals surface area contributed by atoms with Gasteiger partial charge < -0.3 is 15.4 Å². The molecule has 5 nitrogen and oxygen atoms in total. The number of nitrogens with two attached hydrogens (primary N) is 1. The number of aromatic nitrogens is 1. The summed E-state index contributed by atoms with van der Waals surface area (Å²) >= 11 is 1.26. The van der Waals surface area contributed by atoms with Gasteiger partial charge in [0.15, 0.2) is 11.6 Å². The van der Waals surface area contributed by atoms with Crippen LogP contribution in [0.2, 0.25) is 0 Å². The van der Waals surface area contributed by atoms with E-state index >= 15 is 0 Å². The molecule has 0 bridgehead atoms. The van der Waals surface area contributed by atoms with Gasteiger partial charge >= 0.3 is 0 Å². The Morgan fingerprint density at radius 3 is 2.74 bits per heavy atom. The van der Waals surface area contributed by atoms with Crippen LogP contribution < -0.4 is 10.5 Å². The van der Waals surface area contributed by atoms with E-state index in [-0.39, 0.29) is 11.7 Å². The Hall–Kier alpha value is -2.67. The number of nitrogen functional groups attached to an aromatic ring is 1. The monoisotopic (exact) mass is 331 g/mol. The van der Waals surface area contributed by atoms with Crippen molar-refractivity contribution < 1.29 is 13.9 Å². The van der Waals surface area contributed by atoms with E-state index < -0.39 is 5.82 Å². The predicted molar refractivity (Wildman–Crippen MR) is 88.5 cm³/mol. The molecule has 0 saturated heterocycles. The molecule has 0 spiro atoms. The lowest BCUT2D eigenvalue weighted by molar-refractivity contribution is 0.0832. The normalized spacial score (nSPS) is 10.7. The highest BCUT2D eigenvalue weighted by molar-refractivity contribution is 7.21. The summed E-state index contributed by atoms with van der Waals surface area (Å²) in [6.07, 6.45) is 1.56. The molecule has 0 radical (unpaired) electrons. The van der Waals surface area contributed by atoms with Gasteiger partial charge in [0.1, 0.15) is 5.75 Å². The number of thiophene rings is 1. The topological polar surface area (TPSA) is 68.5 Å². The first kappa shape index (κ1) is 15.2. The second-order valence-corrected chi connectivity index (χ2v) is 6.18. The average molecular weight is 331 g/mol. The van der Waals surface area contributed by atoms with E-state index in [1.54, 1.807) is 38.5 Å². The number of amides is 1. The SMILES string of the molecule is CN(C)C(=O)c1cc2nccc(Oc3ccc(N)cc3F)c2s1. The Bertz CT molecular complexity index is 892. The van der Waals surface area contributed by atoms with Crippen LogP contribution in [0.15, 0.2) is 36.5 Å². The van der Waals surface area contributed by atoms with Gasteiger partial charge in [0, 0.05) is 38.1 Å². The Labute approximate surface area is 136 Å². The van der Waals surface area contributed by atoms with E-state index in [0.717, 1.165) is 0 Å². The summed E-state index contributed by atoms with van der Waals surface area (Å²) in [5, 5.41) is 0. The van der Waals surface area contributed by atoms with Crippen molar-refractivity contribution in [2.75, 3.05) is 19.8 Å². The van der Waals surface area contributed by atoms with Gasteiger partial charge in [0.2, 0.25) is 0 Å². The molecule has 0 atom stereocenters. The minimum atomic E-state index is -0.545. The van der Waals surface area contributed by atoms with E-state index in [1.807, 2.05) is 0 Å². The molecule has 1 amide bonds. The van der Waals surface area contributed by atoms with E-state index in [4.69, 9.17) is 10.5 Å². The van der Waals surface area contributed by atoms with Crippen molar-refractivity contribution in [3.63, 3.8) is 0 Å². The molecule has 0 fully saturated rings. The Morgan fingerprint density at radius 2 is 2.04 bits per heavy atom. The number of anilines is 1. The van der Waals surface area contributed by atoms with Gasteiger partial charge in [-0.1, -0.05) is 0 Å². The first-order chi connectivity index (χ1) is 11.0. The molecular formula is C16H14FN3O2S. The van der Waals surface area contributed by atoms with E-state index in [9.17, 15) is 9.18 Å². The van der Waals surface area contributed by atoms with Crippen LogP contribution in [-0.4, -0.2) is 29.9 Å². The van der Waals surface area contributed by atoms with Crippen LogP contribution in [0.4, 0.5) is 10.1 Å². The molecule has 2 aromatic heterocycles. The third kappa shape index (κ3) is 2.95. The van der Waals surface area contributed by atoms with Crippen molar-refractivity contribution in [2.24, 2.45) is 0 Å². The third-order valence-electron chi connectivity index (χ3n) is 3.17. The van der Waals surface area contributed by atoms with Crippen molar-refractivity contribution in [1.29, 1.82) is 0 Å². The second kappa shape index (κ2) is 5.85. The third-order valence-corrected chi connectivity index (χ3v) is 4.30. The molecule has 0 aliphatic carbocycles. The summed E-state index contributed by atoms with van der Waals surface area (Å²) < 4.78 is 20.2. The Morgan fingerprint density at radius 1 is 1.26 bits per heavy atom. The average Bonchev–Trinajstić information content (AvgIpc) is 2.94. The van der Waals surface area contributed by atoms with E-state index in [1.165, 1.54) is 28.4 Å². The quantitative estimate of drug-likeness (QED) is 0.746. The van der Waals surface area contributed by atoms with E-state index in [2.05, 4.69) is 4.98 Å².